The molecule has 1 N–H and O–H groups in total. The lowest BCUT2D eigenvalue weighted by atomic mass is 10.0. The van der Waals surface area contributed by atoms with E-state index in [2.05, 4.69) is 33.4 Å². The van der Waals surface area contributed by atoms with Gasteiger partial charge >= 0.3 is 0 Å². The number of benzene rings is 5. The molecule has 0 aliphatic carbocycles. The molecule has 70 heavy (non-hydrogen) atoms. The lowest BCUT2D eigenvalue weighted by molar-refractivity contribution is -0.128. The summed E-state index contributed by atoms with van der Waals surface area (Å²) in [6, 6.07) is 36.2. The standard InChI is InChI=1S/C22H19N3O2S.C14H18O4.C14H20O3.C3H4O.C3H6/c1-26-18-10-7-15(8-11-18)16-9-12-20(27-2)17(13-16)14-23-25-22-24-19-5-3-4-6-21(19)28-22;15-11-13-5-7-14(8-6-13)18-10-4-2-1-3-9-17-12-16;1-16-10-4-2-3-5-11-17-14-8-6-13(12-15)7-9-14;1-2-3-4;1-3-2/h3-14H,1-2H3,(H,24,25);5-8,11-12H,1-4,9-10H2;6-9,12H,2-5,10-11H2,1H3;2-3H,1H2;3H,1H2,2H3/b23-14+;;;;. The van der Waals surface area contributed by atoms with Crippen LogP contribution in [0.15, 0.2) is 146 Å². The lowest BCUT2D eigenvalue weighted by Gasteiger charge is -2.08. The summed E-state index contributed by atoms with van der Waals surface area (Å²) in [5.74, 6) is 3.20. The minimum absolute atomic E-state index is 0.478. The number of nitrogens with one attached hydrogen (secondary N) is 1. The number of thiazole rings is 1. The zero-order chi connectivity index (χ0) is 50.9. The maximum absolute atomic E-state index is 10.5. The molecule has 1 aromatic heterocycles. The summed E-state index contributed by atoms with van der Waals surface area (Å²) in [7, 11) is 5.04. The monoisotopic (exact) mass is 973 g/mol. The molecule has 0 radical (unpaired) electrons. The first kappa shape index (κ1) is 58.7. The minimum atomic E-state index is 0.478. The Hall–Kier alpha value is -7.42. The normalized spacial score (nSPS) is 9.89. The Balaban J connectivity index is 0.000000350. The molecule has 5 aromatic carbocycles. The number of aldehydes is 3. The number of methoxy groups -OCH3 is 3. The molecule has 14 heteroatoms. The fourth-order valence-corrected chi connectivity index (χ4v) is 6.75. The third kappa shape index (κ3) is 25.1. The molecule has 0 atom stereocenters. The van der Waals surface area contributed by atoms with Gasteiger partial charge < -0.3 is 28.4 Å². The van der Waals surface area contributed by atoms with Crippen LogP contribution in [0, 0.1) is 0 Å². The molecule has 13 nitrogen and oxygen atoms in total. The zero-order valence-electron chi connectivity index (χ0n) is 40.8. The van der Waals surface area contributed by atoms with Crippen molar-refractivity contribution in [1.29, 1.82) is 0 Å². The van der Waals surface area contributed by atoms with Crippen molar-refractivity contribution in [3.63, 3.8) is 0 Å². The lowest BCUT2D eigenvalue weighted by Crippen LogP contribution is -1.98. The molecule has 6 rings (SSSR count). The highest BCUT2D eigenvalue weighted by Gasteiger charge is 2.06. The molecular weight excluding hydrogens is 907 g/mol. The number of ether oxygens (including phenoxy) is 6. The van der Waals surface area contributed by atoms with Gasteiger partial charge in [0.2, 0.25) is 5.13 Å². The second-order valence-electron chi connectivity index (χ2n) is 14.7. The predicted octanol–water partition coefficient (Wildman–Crippen LogP) is 12.7. The Labute approximate surface area is 417 Å². The molecular formula is C56H67N3O10S. The number of para-hydroxylation sites is 1. The van der Waals surface area contributed by atoms with Crippen molar-refractivity contribution in [3.8, 4) is 34.1 Å². The number of nitrogens with zero attached hydrogens (tertiary/aromatic N) is 2. The number of fused-ring (bicyclic) bond motifs is 1. The highest BCUT2D eigenvalue weighted by Crippen LogP contribution is 2.28. The van der Waals surface area contributed by atoms with Gasteiger partial charge in [0, 0.05) is 30.4 Å². The average Bonchev–Trinajstić information content (AvgIpc) is 3.83. The van der Waals surface area contributed by atoms with E-state index in [4.69, 9.17) is 28.5 Å². The fourth-order valence-electron chi connectivity index (χ4n) is 5.93. The number of hydrogen-bond donors (Lipinski definition) is 1. The number of rotatable bonds is 26. The van der Waals surface area contributed by atoms with Crippen molar-refractivity contribution in [2.45, 2.75) is 58.3 Å². The second-order valence-corrected chi connectivity index (χ2v) is 15.7. The minimum Gasteiger partial charge on any atom is -0.497 e. The number of unbranched alkanes of at least 4 members (excludes halogenated alkanes) is 6. The van der Waals surface area contributed by atoms with Crippen LogP contribution in [0.3, 0.4) is 0 Å². The molecule has 0 amide bonds. The fraction of sp³-hybridized carbons (Fsp3) is 0.286. The molecule has 0 aliphatic rings. The van der Waals surface area contributed by atoms with E-state index in [0.29, 0.717) is 37.1 Å². The van der Waals surface area contributed by atoms with E-state index in [1.807, 2.05) is 85.8 Å². The summed E-state index contributed by atoms with van der Waals surface area (Å²) >= 11 is 1.57. The van der Waals surface area contributed by atoms with Crippen LogP contribution in [-0.2, 0) is 19.1 Å². The predicted molar refractivity (Wildman–Crippen MR) is 283 cm³/mol. The quantitative estimate of drug-likeness (QED) is 0.0137. The van der Waals surface area contributed by atoms with E-state index < -0.39 is 0 Å². The van der Waals surface area contributed by atoms with Gasteiger partial charge in [-0.3, -0.25) is 24.6 Å². The summed E-state index contributed by atoms with van der Waals surface area (Å²) in [4.78, 5) is 44.4. The molecule has 0 saturated heterocycles. The Kier molecular flexibility index (Phi) is 32.3. The van der Waals surface area contributed by atoms with E-state index in [1.165, 1.54) is 12.5 Å². The number of carbonyl (C=O) groups excluding carboxylic acids is 4. The molecule has 372 valence electrons. The number of aromatic nitrogens is 1. The molecule has 0 aliphatic heterocycles. The molecule has 0 bridgehead atoms. The third-order valence-corrected chi connectivity index (χ3v) is 10.4. The molecule has 0 saturated carbocycles. The first-order valence-electron chi connectivity index (χ1n) is 22.8. The van der Waals surface area contributed by atoms with Crippen LogP contribution in [0.2, 0.25) is 0 Å². The SMILES string of the molecule is C=CC.C=CC=O.COCCCCCCOc1ccc(C=O)cc1.COc1ccc(-c2ccc(OC)c(/C=N/Nc3nc4ccccc4s3)c2)cc1.O=COCCCCCCOc1ccc(C=O)cc1. The van der Waals surface area contributed by atoms with Crippen LogP contribution >= 0.6 is 11.3 Å². The zero-order valence-corrected chi connectivity index (χ0v) is 41.6. The van der Waals surface area contributed by atoms with Crippen LogP contribution in [-0.4, -0.2) is 84.3 Å². The van der Waals surface area contributed by atoms with Crippen LogP contribution in [0.5, 0.6) is 23.0 Å². The van der Waals surface area contributed by atoms with Gasteiger partial charge in [-0.1, -0.05) is 60.7 Å². The number of anilines is 1. The first-order chi connectivity index (χ1) is 34.3. The van der Waals surface area contributed by atoms with Crippen LogP contribution in [0.1, 0.15) is 84.6 Å². The van der Waals surface area contributed by atoms with Crippen molar-refractivity contribution in [2.24, 2.45) is 5.10 Å². The average molecular weight is 974 g/mol. The Morgan fingerprint density at radius 3 is 1.61 bits per heavy atom. The van der Waals surface area contributed by atoms with Crippen LogP contribution in [0.4, 0.5) is 5.13 Å². The van der Waals surface area contributed by atoms with Crippen molar-refractivity contribution < 1.29 is 47.6 Å². The van der Waals surface area contributed by atoms with Gasteiger partial charge in [0.25, 0.3) is 6.47 Å². The summed E-state index contributed by atoms with van der Waals surface area (Å²) in [6.07, 6.45) is 15.4. The molecule has 0 spiro atoms. The Morgan fingerprint density at radius 2 is 1.13 bits per heavy atom. The number of carbonyl (C=O) groups is 4. The van der Waals surface area contributed by atoms with Gasteiger partial charge in [-0.05, 0) is 154 Å². The van der Waals surface area contributed by atoms with Crippen molar-refractivity contribution in [1.82, 2.24) is 4.98 Å². The van der Waals surface area contributed by atoms with Gasteiger partial charge in [-0.25, -0.2) is 4.98 Å². The van der Waals surface area contributed by atoms with E-state index in [9.17, 15) is 14.4 Å². The van der Waals surface area contributed by atoms with Gasteiger partial charge in [0.05, 0.1) is 50.5 Å². The van der Waals surface area contributed by atoms with Gasteiger partial charge in [0.1, 0.15) is 41.9 Å². The molecule has 1 heterocycles. The molecule has 6 aromatic rings. The topological polar surface area (TPSA) is 161 Å². The Bertz CT molecular complexity index is 2350. The largest absolute Gasteiger partial charge is 0.497 e. The summed E-state index contributed by atoms with van der Waals surface area (Å²) in [6.45, 7) is 11.6. The summed E-state index contributed by atoms with van der Waals surface area (Å²) in [5, 5.41) is 5.10. The third-order valence-electron chi connectivity index (χ3n) is 9.44. The van der Waals surface area contributed by atoms with Gasteiger partial charge in [-0.15, -0.1) is 6.58 Å². The van der Waals surface area contributed by atoms with Crippen molar-refractivity contribution in [2.75, 3.05) is 53.2 Å². The van der Waals surface area contributed by atoms with E-state index in [0.717, 1.165) is 126 Å². The van der Waals surface area contributed by atoms with Crippen LogP contribution < -0.4 is 24.4 Å². The van der Waals surface area contributed by atoms with E-state index in [1.54, 1.807) is 81.4 Å². The first-order valence-corrected chi connectivity index (χ1v) is 23.7. The van der Waals surface area contributed by atoms with Crippen molar-refractivity contribution in [3.05, 3.63) is 157 Å². The highest BCUT2D eigenvalue weighted by molar-refractivity contribution is 7.22. The highest BCUT2D eigenvalue weighted by atomic mass is 32.1. The Morgan fingerprint density at radius 1 is 0.614 bits per heavy atom. The smallest absolute Gasteiger partial charge is 0.293 e. The molecule has 0 unspecified atom stereocenters. The number of hydrogen-bond acceptors (Lipinski definition) is 14. The van der Waals surface area contributed by atoms with E-state index in [-0.39, 0.29) is 0 Å². The maximum Gasteiger partial charge on any atom is 0.293 e. The molecule has 0 fully saturated rings. The van der Waals surface area contributed by atoms with Crippen LogP contribution in [0.25, 0.3) is 21.3 Å². The number of hydrazone groups is 1. The second kappa shape index (κ2) is 38.5. The summed E-state index contributed by atoms with van der Waals surface area (Å²) in [5.41, 5.74) is 8.35. The maximum atomic E-state index is 10.5. The summed E-state index contributed by atoms with van der Waals surface area (Å²) < 4.78 is 32.5. The van der Waals surface area contributed by atoms with Gasteiger partial charge in [0.15, 0.2) is 0 Å². The number of allylic oxidation sites excluding steroid dienone is 2. The van der Waals surface area contributed by atoms with E-state index >= 15 is 0 Å². The van der Waals surface area contributed by atoms with Gasteiger partial charge in [-0.2, -0.15) is 5.10 Å². The van der Waals surface area contributed by atoms with Crippen molar-refractivity contribution >= 4 is 58.2 Å².